The molecule has 0 amide bonds. The number of nitrogens with zero attached hydrogens (tertiary/aromatic N) is 4. The van der Waals surface area contributed by atoms with E-state index in [0.29, 0.717) is 19.4 Å². The summed E-state index contributed by atoms with van der Waals surface area (Å²) >= 11 is 0. The summed E-state index contributed by atoms with van der Waals surface area (Å²) in [5.41, 5.74) is 6.99. The van der Waals surface area contributed by atoms with Crippen LogP contribution in [0.1, 0.15) is 43.7 Å². The number of likely N-dealkylation sites (tertiary alicyclic amines) is 1. The van der Waals surface area contributed by atoms with E-state index < -0.39 is 6.17 Å². The number of hydrogen-bond donors (Lipinski definition) is 1. The molecule has 0 aliphatic carbocycles. The van der Waals surface area contributed by atoms with Crippen LogP contribution < -0.4 is 10.6 Å². The molecule has 5 nitrogen and oxygen atoms in total. The Hall–Kier alpha value is -1.27. The molecule has 3 rings (SSSR count). The average Bonchev–Trinajstić information content (AvgIpc) is 2.59. The Morgan fingerprint density at radius 1 is 1.09 bits per heavy atom. The summed E-state index contributed by atoms with van der Waals surface area (Å²) < 4.78 is 13.3. The molecule has 2 N–H and O–H groups in total. The molecule has 3 heterocycles. The summed E-state index contributed by atoms with van der Waals surface area (Å²) in [6, 6.07) is 0.0999. The fourth-order valence-electron chi connectivity index (χ4n) is 3.44. The summed E-state index contributed by atoms with van der Waals surface area (Å²) in [6.45, 7) is 4.13. The molecular weight excluding hydrogens is 281 g/mol. The Bertz CT molecular complexity index is 452. The highest BCUT2D eigenvalue weighted by molar-refractivity contribution is 5.31. The summed E-state index contributed by atoms with van der Waals surface area (Å²) in [4.78, 5) is 13.6. The molecule has 1 unspecified atom stereocenters. The van der Waals surface area contributed by atoms with Crippen molar-refractivity contribution < 1.29 is 4.39 Å². The van der Waals surface area contributed by atoms with E-state index in [1.54, 1.807) is 0 Å². The second-order valence-corrected chi connectivity index (χ2v) is 6.33. The van der Waals surface area contributed by atoms with Crippen molar-refractivity contribution in [3.8, 4) is 0 Å². The summed E-state index contributed by atoms with van der Waals surface area (Å²) in [7, 11) is 0. The Labute approximate surface area is 131 Å². The molecule has 0 saturated carbocycles. The van der Waals surface area contributed by atoms with E-state index in [4.69, 9.17) is 5.73 Å². The third-order valence-electron chi connectivity index (χ3n) is 4.80. The van der Waals surface area contributed by atoms with Gasteiger partial charge in [-0.05, 0) is 32.1 Å². The van der Waals surface area contributed by atoms with Gasteiger partial charge in [-0.3, -0.25) is 4.90 Å². The smallest absolute Gasteiger partial charge is 0.225 e. The van der Waals surface area contributed by atoms with Crippen LogP contribution in [0.5, 0.6) is 0 Å². The van der Waals surface area contributed by atoms with E-state index in [0.717, 1.165) is 37.7 Å². The lowest BCUT2D eigenvalue weighted by atomic mass is 10.0. The van der Waals surface area contributed by atoms with Gasteiger partial charge in [0, 0.05) is 50.7 Å². The zero-order valence-corrected chi connectivity index (χ0v) is 13.1. The van der Waals surface area contributed by atoms with Crippen LogP contribution in [0.2, 0.25) is 0 Å². The van der Waals surface area contributed by atoms with E-state index in [-0.39, 0.29) is 6.04 Å². The first kappa shape index (κ1) is 15.6. The third kappa shape index (κ3) is 3.55. The molecule has 1 aromatic rings. The van der Waals surface area contributed by atoms with Gasteiger partial charge in [-0.2, -0.15) is 0 Å². The van der Waals surface area contributed by atoms with Gasteiger partial charge in [-0.15, -0.1) is 0 Å². The van der Waals surface area contributed by atoms with E-state index in [1.165, 1.54) is 19.3 Å². The number of hydrogen-bond acceptors (Lipinski definition) is 5. The molecule has 2 fully saturated rings. The maximum atomic E-state index is 13.3. The second-order valence-electron chi connectivity index (χ2n) is 6.33. The second kappa shape index (κ2) is 7.33. The molecule has 0 aromatic carbocycles. The normalized spacial score (nSPS) is 22.7. The molecule has 2 aliphatic heterocycles. The van der Waals surface area contributed by atoms with E-state index >= 15 is 0 Å². The number of halogens is 1. The van der Waals surface area contributed by atoms with Gasteiger partial charge in [0.05, 0.1) is 6.04 Å². The molecule has 0 spiro atoms. The summed E-state index contributed by atoms with van der Waals surface area (Å²) in [5, 5.41) is 0. The molecule has 2 saturated heterocycles. The Kier molecular flexibility index (Phi) is 5.20. The number of aromatic nitrogens is 2. The molecule has 0 bridgehead atoms. The maximum absolute atomic E-state index is 13.3. The van der Waals surface area contributed by atoms with Crippen molar-refractivity contribution >= 4 is 5.95 Å². The minimum absolute atomic E-state index is 0.0999. The SMILES string of the molecule is NCC(c1cnc(N2CCCCC2)nc1)N1CCC(F)CC1. The molecule has 6 heteroatoms. The highest BCUT2D eigenvalue weighted by atomic mass is 19.1. The fraction of sp³-hybridized carbons (Fsp3) is 0.750. The zero-order valence-electron chi connectivity index (χ0n) is 13.1. The van der Waals surface area contributed by atoms with Crippen LogP contribution in [0.4, 0.5) is 10.3 Å². The van der Waals surface area contributed by atoms with Gasteiger partial charge in [0.2, 0.25) is 5.95 Å². The van der Waals surface area contributed by atoms with E-state index in [9.17, 15) is 4.39 Å². The van der Waals surface area contributed by atoms with Crippen LogP contribution in [-0.2, 0) is 0 Å². The highest BCUT2D eigenvalue weighted by Gasteiger charge is 2.25. The van der Waals surface area contributed by atoms with Crippen molar-refractivity contribution in [3.05, 3.63) is 18.0 Å². The van der Waals surface area contributed by atoms with Crippen molar-refractivity contribution in [3.63, 3.8) is 0 Å². The van der Waals surface area contributed by atoms with Crippen molar-refractivity contribution in [1.82, 2.24) is 14.9 Å². The number of anilines is 1. The van der Waals surface area contributed by atoms with Crippen LogP contribution in [-0.4, -0.2) is 53.8 Å². The molecule has 1 aromatic heterocycles. The molecule has 2 aliphatic rings. The Morgan fingerprint density at radius 3 is 2.32 bits per heavy atom. The first-order chi connectivity index (χ1) is 10.8. The van der Waals surface area contributed by atoms with Crippen LogP contribution in [0.3, 0.4) is 0 Å². The van der Waals surface area contributed by atoms with Gasteiger partial charge in [-0.25, -0.2) is 14.4 Å². The monoisotopic (exact) mass is 307 g/mol. The number of rotatable bonds is 4. The zero-order chi connectivity index (χ0) is 15.4. The topological polar surface area (TPSA) is 58.3 Å². The van der Waals surface area contributed by atoms with E-state index in [1.807, 2.05) is 12.4 Å². The van der Waals surface area contributed by atoms with Crippen LogP contribution in [0.15, 0.2) is 12.4 Å². The summed E-state index contributed by atoms with van der Waals surface area (Å²) in [6.07, 6.45) is 8.07. The lowest BCUT2D eigenvalue weighted by molar-refractivity contribution is 0.113. The minimum atomic E-state index is -0.660. The van der Waals surface area contributed by atoms with Gasteiger partial charge in [-0.1, -0.05) is 0 Å². The van der Waals surface area contributed by atoms with Crippen LogP contribution in [0.25, 0.3) is 0 Å². The molecular formula is C16H26FN5. The number of alkyl halides is 1. The number of piperidine rings is 2. The van der Waals surface area contributed by atoms with Crippen molar-refractivity contribution in [1.29, 1.82) is 0 Å². The first-order valence-corrected chi connectivity index (χ1v) is 8.43. The highest BCUT2D eigenvalue weighted by Crippen LogP contribution is 2.25. The van der Waals surface area contributed by atoms with Crippen molar-refractivity contribution in [2.45, 2.75) is 44.3 Å². The van der Waals surface area contributed by atoms with Crippen molar-refractivity contribution in [2.75, 3.05) is 37.6 Å². The lowest BCUT2D eigenvalue weighted by Crippen LogP contribution is -2.40. The van der Waals surface area contributed by atoms with Crippen LogP contribution in [0, 0.1) is 0 Å². The van der Waals surface area contributed by atoms with Gasteiger partial charge in [0.15, 0.2) is 0 Å². The van der Waals surface area contributed by atoms with Gasteiger partial charge < -0.3 is 10.6 Å². The number of nitrogens with two attached hydrogens (primary N) is 1. The largest absolute Gasteiger partial charge is 0.341 e. The molecule has 22 heavy (non-hydrogen) atoms. The fourth-order valence-corrected chi connectivity index (χ4v) is 3.44. The molecule has 1 atom stereocenters. The predicted molar refractivity (Wildman–Crippen MR) is 85.6 cm³/mol. The van der Waals surface area contributed by atoms with Gasteiger partial charge in [0.25, 0.3) is 0 Å². The minimum Gasteiger partial charge on any atom is -0.341 e. The quantitative estimate of drug-likeness (QED) is 0.920. The van der Waals surface area contributed by atoms with Gasteiger partial charge in [0.1, 0.15) is 6.17 Å². The van der Waals surface area contributed by atoms with Crippen LogP contribution >= 0.6 is 0 Å². The first-order valence-electron chi connectivity index (χ1n) is 8.43. The summed E-state index contributed by atoms with van der Waals surface area (Å²) in [5.74, 6) is 0.821. The van der Waals surface area contributed by atoms with Gasteiger partial charge >= 0.3 is 0 Å². The average molecular weight is 307 g/mol. The lowest BCUT2D eigenvalue weighted by Gasteiger charge is -2.35. The Balaban J connectivity index is 1.67. The Morgan fingerprint density at radius 2 is 1.73 bits per heavy atom. The molecule has 0 radical (unpaired) electrons. The predicted octanol–water partition coefficient (Wildman–Crippen LogP) is 1.90. The van der Waals surface area contributed by atoms with Crippen molar-refractivity contribution in [2.24, 2.45) is 5.73 Å². The molecule has 122 valence electrons. The third-order valence-corrected chi connectivity index (χ3v) is 4.80. The standard InChI is InChI=1S/C16H26FN5/c17-14-4-8-21(9-5-14)15(10-18)13-11-19-16(20-12-13)22-6-2-1-3-7-22/h11-12,14-15H,1-10,18H2. The maximum Gasteiger partial charge on any atom is 0.225 e. The van der Waals surface area contributed by atoms with E-state index in [2.05, 4.69) is 19.8 Å².